The van der Waals surface area contributed by atoms with Gasteiger partial charge in [-0.1, -0.05) is 6.92 Å². The molecule has 0 aliphatic heterocycles. The Kier molecular flexibility index (Phi) is 7.07. The number of nitrogens with zero attached hydrogens (tertiary/aromatic N) is 2. The molecule has 6 nitrogen and oxygen atoms in total. The molecule has 110 valence electrons. The molecule has 0 amide bonds. The molecular formula is C12H24N2O4Si. The van der Waals surface area contributed by atoms with E-state index in [1.165, 1.54) is 0 Å². The molecule has 0 N–H and O–H groups in total. The highest BCUT2D eigenvalue weighted by Crippen LogP contribution is 2.14. The first kappa shape index (κ1) is 16.2. The highest BCUT2D eigenvalue weighted by atomic mass is 28.4. The number of aromatic nitrogens is 2. The van der Waals surface area contributed by atoms with Gasteiger partial charge in [0, 0.05) is 40.0 Å². The summed E-state index contributed by atoms with van der Waals surface area (Å²) in [7, 11) is 2.39. The molecule has 1 rings (SSSR count). The van der Waals surface area contributed by atoms with Gasteiger partial charge in [-0.2, -0.15) is 4.73 Å². The van der Waals surface area contributed by atoms with Gasteiger partial charge in [-0.25, -0.2) is 4.98 Å². The molecule has 0 unspecified atom stereocenters. The van der Waals surface area contributed by atoms with E-state index >= 15 is 0 Å². The molecule has 0 fully saturated rings. The fourth-order valence-corrected chi connectivity index (χ4v) is 3.54. The molecule has 0 aliphatic carbocycles. The van der Waals surface area contributed by atoms with E-state index in [-0.39, 0.29) is 0 Å². The van der Waals surface area contributed by atoms with Crippen molar-refractivity contribution < 1.29 is 18.1 Å². The van der Waals surface area contributed by atoms with E-state index in [2.05, 4.69) is 11.9 Å². The van der Waals surface area contributed by atoms with Crippen LogP contribution in [-0.4, -0.2) is 46.5 Å². The minimum Gasteiger partial charge on any atom is -0.413 e. The normalized spacial score (nSPS) is 11.8. The van der Waals surface area contributed by atoms with E-state index in [4.69, 9.17) is 18.1 Å². The second-order valence-electron chi connectivity index (χ2n) is 4.15. The molecule has 1 heterocycles. The molecule has 0 saturated heterocycles. The number of hydrogen-bond donors (Lipinski definition) is 0. The van der Waals surface area contributed by atoms with Crippen LogP contribution in [0.4, 0.5) is 0 Å². The van der Waals surface area contributed by atoms with Crippen molar-refractivity contribution in [3.63, 3.8) is 0 Å². The van der Waals surface area contributed by atoms with Crippen LogP contribution in [-0.2, 0) is 19.7 Å². The molecule has 7 heteroatoms. The van der Waals surface area contributed by atoms with Gasteiger partial charge in [-0.3, -0.25) is 0 Å². The Labute approximate surface area is 116 Å². The first-order valence-electron chi connectivity index (χ1n) is 6.52. The molecular weight excluding hydrogens is 264 g/mol. The van der Waals surface area contributed by atoms with Gasteiger partial charge in [0.05, 0.1) is 6.20 Å². The average molecular weight is 288 g/mol. The highest BCUT2D eigenvalue weighted by molar-refractivity contribution is 6.60. The minimum absolute atomic E-state index is 0.581. The van der Waals surface area contributed by atoms with Crippen LogP contribution in [0.15, 0.2) is 12.4 Å². The average Bonchev–Trinajstić information content (AvgIpc) is 2.88. The summed E-state index contributed by atoms with van der Waals surface area (Å²) < 4.78 is 17.8. The Morgan fingerprint density at radius 3 is 2.47 bits per heavy atom. The van der Waals surface area contributed by atoms with Crippen LogP contribution in [0, 0.1) is 0 Å². The second kappa shape index (κ2) is 8.31. The first-order valence-corrected chi connectivity index (χ1v) is 8.45. The van der Waals surface area contributed by atoms with Crippen LogP contribution in [0.2, 0.25) is 6.04 Å². The van der Waals surface area contributed by atoms with Crippen molar-refractivity contribution in [2.24, 2.45) is 0 Å². The molecule has 0 aliphatic rings. The summed E-state index contributed by atoms with van der Waals surface area (Å²) in [5.41, 5.74) is 0. The van der Waals surface area contributed by atoms with Gasteiger partial charge in [0.15, 0.2) is 0 Å². The standard InChI is InChI=1S/C12H24N2O4Si/c1-5-7-12-13-8-9-14(12)18-10-6-11-19(15-2,16-3)17-4/h8-9H,5-7,10-11H2,1-4H3. The van der Waals surface area contributed by atoms with E-state index in [1.54, 1.807) is 32.3 Å². The molecule has 0 aromatic carbocycles. The summed E-state index contributed by atoms with van der Waals surface area (Å²) >= 11 is 0. The van der Waals surface area contributed by atoms with Crippen LogP contribution < -0.4 is 4.84 Å². The molecule has 1 aromatic heterocycles. The van der Waals surface area contributed by atoms with Gasteiger partial charge in [-0.15, -0.1) is 0 Å². The van der Waals surface area contributed by atoms with Gasteiger partial charge in [0.25, 0.3) is 0 Å². The third-order valence-electron chi connectivity index (χ3n) is 2.94. The Balaban J connectivity index is 2.35. The SMILES string of the molecule is CCCc1nccn1OCCC[Si](OC)(OC)OC. The van der Waals surface area contributed by atoms with Crippen molar-refractivity contribution >= 4 is 8.80 Å². The van der Waals surface area contributed by atoms with Crippen LogP contribution in [0.25, 0.3) is 0 Å². The summed E-state index contributed by atoms with van der Waals surface area (Å²) in [6.07, 6.45) is 6.36. The summed E-state index contributed by atoms with van der Waals surface area (Å²) in [6.45, 7) is 2.70. The third kappa shape index (κ3) is 4.61. The van der Waals surface area contributed by atoms with Gasteiger partial charge in [-0.05, 0) is 12.8 Å². The van der Waals surface area contributed by atoms with Gasteiger partial charge in [0.1, 0.15) is 12.4 Å². The van der Waals surface area contributed by atoms with E-state index in [0.717, 1.165) is 31.1 Å². The Hall–Kier alpha value is -0.893. The summed E-state index contributed by atoms with van der Waals surface area (Å²) in [6, 6.07) is 0.730. The minimum atomic E-state index is -2.47. The Bertz CT molecular complexity index is 347. The number of imidazole rings is 1. The maximum absolute atomic E-state index is 5.67. The first-order chi connectivity index (χ1) is 9.21. The van der Waals surface area contributed by atoms with E-state index in [9.17, 15) is 0 Å². The van der Waals surface area contributed by atoms with E-state index in [1.807, 2.05) is 6.20 Å². The summed E-state index contributed by atoms with van der Waals surface area (Å²) in [4.78, 5) is 9.92. The number of hydrogen-bond acceptors (Lipinski definition) is 5. The lowest BCUT2D eigenvalue weighted by Gasteiger charge is -2.24. The molecule has 19 heavy (non-hydrogen) atoms. The van der Waals surface area contributed by atoms with Gasteiger partial charge >= 0.3 is 8.80 Å². The van der Waals surface area contributed by atoms with E-state index < -0.39 is 8.80 Å². The summed E-state index contributed by atoms with van der Waals surface area (Å²) in [5.74, 6) is 0.955. The quantitative estimate of drug-likeness (QED) is 0.483. The largest absolute Gasteiger partial charge is 0.500 e. The van der Waals surface area contributed by atoms with Crippen LogP contribution >= 0.6 is 0 Å². The fraction of sp³-hybridized carbons (Fsp3) is 0.750. The predicted molar refractivity (Wildman–Crippen MR) is 73.9 cm³/mol. The van der Waals surface area contributed by atoms with Crippen molar-refractivity contribution in [2.75, 3.05) is 27.9 Å². The second-order valence-corrected chi connectivity index (χ2v) is 7.24. The molecule has 0 atom stereocenters. The third-order valence-corrected chi connectivity index (χ3v) is 5.78. The predicted octanol–water partition coefficient (Wildman–Crippen LogP) is 1.53. The zero-order valence-corrected chi connectivity index (χ0v) is 13.2. The number of rotatable bonds is 10. The van der Waals surface area contributed by atoms with Crippen molar-refractivity contribution in [3.05, 3.63) is 18.2 Å². The maximum atomic E-state index is 5.67. The highest BCUT2D eigenvalue weighted by Gasteiger charge is 2.36. The van der Waals surface area contributed by atoms with Crippen molar-refractivity contribution in [2.45, 2.75) is 32.2 Å². The smallest absolute Gasteiger partial charge is 0.413 e. The monoisotopic (exact) mass is 288 g/mol. The zero-order chi connectivity index (χ0) is 14.1. The number of aryl methyl sites for hydroxylation is 1. The Morgan fingerprint density at radius 2 is 1.89 bits per heavy atom. The van der Waals surface area contributed by atoms with Crippen molar-refractivity contribution in [3.8, 4) is 0 Å². The van der Waals surface area contributed by atoms with Crippen LogP contribution in [0.5, 0.6) is 0 Å². The molecule has 0 spiro atoms. The topological polar surface area (TPSA) is 54.7 Å². The van der Waals surface area contributed by atoms with Gasteiger partial charge in [0.2, 0.25) is 0 Å². The summed E-state index contributed by atoms with van der Waals surface area (Å²) in [5, 5.41) is 0. The molecule has 0 saturated carbocycles. The Morgan fingerprint density at radius 1 is 1.21 bits per heavy atom. The van der Waals surface area contributed by atoms with Crippen molar-refractivity contribution in [1.82, 2.24) is 9.71 Å². The molecule has 0 radical (unpaired) electrons. The zero-order valence-electron chi connectivity index (χ0n) is 12.2. The van der Waals surface area contributed by atoms with Crippen LogP contribution in [0.1, 0.15) is 25.6 Å². The molecule has 0 bridgehead atoms. The van der Waals surface area contributed by atoms with E-state index in [0.29, 0.717) is 6.61 Å². The van der Waals surface area contributed by atoms with Gasteiger partial charge < -0.3 is 18.1 Å². The fourth-order valence-electron chi connectivity index (χ4n) is 1.85. The van der Waals surface area contributed by atoms with Crippen molar-refractivity contribution in [1.29, 1.82) is 0 Å². The lowest BCUT2D eigenvalue weighted by atomic mass is 10.3. The van der Waals surface area contributed by atoms with Crippen LogP contribution in [0.3, 0.4) is 0 Å². The lowest BCUT2D eigenvalue weighted by Crippen LogP contribution is -2.43. The maximum Gasteiger partial charge on any atom is 0.500 e. The lowest BCUT2D eigenvalue weighted by molar-refractivity contribution is 0.0913. The molecule has 1 aromatic rings.